The van der Waals surface area contributed by atoms with Crippen molar-refractivity contribution in [3.8, 4) is 0 Å². The normalized spacial score (nSPS) is 12.0. The van der Waals surface area contributed by atoms with E-state index in [9.17, 15) is 9.59 Å². The number of hydrogen-bond donors (Lipinski definition) is 2. The van der Waals surface area contributed by atoms with E-state index in [2.05, 4.69) is 16.7 Å². The van der Waals surface area contributed by atoms with Crippen molar-refractivity contribution in [3.63, 3.8) is 0 Å². The van der Waals surface area contributed by atoms with Gasteiger partial charge in [0.25, 0.3) is 5.91 Å². The Morgan fingerprint density at radius 2 is 1.92 bits per heavy atom. The molecule has 0 bridgehead atoms. The molecule has 2 N–H and O–H groups in total. The Bertz CT molecular complexity index is 683. The first kappa shape index (κ1) is 19.1. The number of nitrogens with zero attached hydrogens (tertiary/aromatic N) is 1. The Balaban J connectivity index is 1.81. The Morgan fingerprint density at radius 1 is 1.20 bits per heavy atom. The predicted octanol–water partition coefficient (Wildman–Crippen LogP) is 2.29. The first-order valence-corrected chi connectivity index (χ1v) is 9.20. The standard InChI is InChI=1S/C19H25N3O2S/c1-14(18(23)21-11-10-17-5-4-12-25-17)22(3)13-15-6-8-16(9-7-15)19(24)20-2/h4-9,12,14H,10-11,13H2,1-3H3,(H,20,24)(H,21,23)/t14-/m1/s1. The number of hydrogen-bond acceptors (Lipinski definition) is 4. The lowest BCUT2D eigenvalue weighted by Crippen LogP contribution is -2.43. The van der Waals surface area contributed by atoms with E-state index in [1.807, 2.05) is 42.5 Å². The molecular formula is C19H25N3O2S. The first-order valence-electron chi connectivity index (χ1n) is 8.32. The molecule has 2 rings (SSSR count). The van der Waals surface area contributed by atoms with Crippen molar-refractivity contribution in [3.05, 3.63) is 57.8 Å². The van der Waals surface area contributed by atoms with Crippen molar-refractivity contribution in [1.29, 1.82) is 0 Å². The number of carbonyl (C=O) groups excluding carboxylic acids is 2. The van der Waals surface area contributed by atoms with Gasteiger partial charge in [0.05, 0.1) is 6.04 Å². The van der Waals surface area contributed by atoms with Gasteiger partial charge >= 0.3 is 0 Å². The topological polar surface area (TPSA) is 61.4 Å². The minimum absolute atomic E-state index is 0.0287. The van der Waals surface area contributed by atoms with Crippen molar-refractivity contribution < 1.29 is 9.59 Å². The van der Waals surface area contributed by atoms with E-state index < -0.39 is 0 Å². The first-order chi connectivity index (χ1) is 12.0. The quantitative estimate of drug-likeness (QED) is 0.760. The van der Waals surface area contributed by atoms with Crippen molar-refractivity contribution in [2.24, 2.45) is 0 Å². The molecule has 0 spiro atoms. The molecule has 5 nitrogen and oxygen atoms in total. The molecule has 0 aliphatic heterocycles. The third-order valence-electron chi connectivity index (χ3n) is 4.17. The van der Waals surface area contributed by atoms with Gasteiger partial charge in [-0.15, -0.1) is 11.3 Å². The Labute approximate surface area is 153 Å². The van der Waals surface area contributed by atoms with Crippen LogP contribution < -0.4 is 10.6 Å². The Hall–Kier alpha value is -2.18. The van der Waals surface area contributed by atoms with E-state index in [0.717, 1.165) is 12.0 Å². The smallest absolute Gasteiger partial charge is 0.251 e. The second kappa shape index (κ2) is 9.34. The highest BCUT2D eigenvalue weighted by molar-refractivity contribution is 7.09. The number of amides is 2. The molecule has 0 aliphatic rings. The molecule has 0 aliphatic carbocycles. The summed E-state index contributed by atoms with van der Waals surface area (Å²) in [6, 6.07) is 11.3. The van der Waals surface area contributed by atoms with E-state index in [1.54, 1.807) is 30.5 Å². The zero-order valence-corrected chi connectivity index (χ0v) is 15.7. The van der Waals surface area contributed by atoms with E-state index >= 15 is 0 Å². The molecule has 0 radical (unpaired) electrons. The summed E-state index contributed by atoms with van der Waals surface area (Å²) in [5.74, 6) is -0.0700. The fraction of sp³-hybridized carbons (Fsp3) is 0.368. The predicted molar refractivity (Wildman–Crippen MR) is 102 cm³/mol. The maximum Gasteiger partial charge on any atom is 0.251 e. The van der Waals surface area contributed by atoms with Crippen LogP contribution in [0.2, 0.25) is 0 Å². The van der Waals surface area contributed by atoms with Gasteiger partial charge in [-0.2, -0.15) is 0 Å². The third kappa shape index (κ3) is 5.69. The minimum atomic E-state index is -0.220. The number of nitrogens with one attached hydrogen (secondary N) is 2. The van der Waals surface area contributed by atoms with Crippen LogP contribution >= 0.6 is 11.3 Å². The van der Waals surface area contributed by atoms with E-state index in [4.69, 9.17) is 0 Å². The van der Waals surface area contributed by atoms with Gasteiger partial charge in [0.1, 0.15) is 0 Å². The molecule has 25 heavy (non-hydrogen) atoms. The van der Waals surface area contributed by atoms with E-state index in [0.29, 0.717) is 18.7 Å². The molecule has 1 aromatic carbocycles. The summed E-state index contributed by atoms with van der Waals surface area (Å²) in [5.41, 5.74) is 1.70. The van der Waals surface area contributed by atoms with Crippen LogP contribution in [-0.4, -0.2) is 43.4 Å². The number of benzene rings is 1. The van der Waals surface area contributed by atoms with Gasteiger partial charge in [-0.3, -0.25) is 14.5 Å². The fourth-order valence-electron chi connectivity index (χ4n) is 2.44. The van der Waals surface area contributed by atoms with Crippen LogP contribution in [0.25, 0.3) is 0 Å². The SMILES string of the molecule is CNC(=O)c1ccc(CN(C)[C@H](C)C(=O)NCCc2cccs2)cc1. The number of rotatable bonds is 8. The molecule has 1 aromatic heterocycles. The van der Waals surface area contributed by atoms with Crippen molar-refractivity contribution in [1.82, 2.24) is 15.5 Å². The lowest BCUT2D eigenvalue weighted by Gasteiger charge is -2.24. The van der Waals surface area contributed by atoms with Gasteiger partial charge in [-0.05, 0) is 49.5 Å². The summed E-state index contributed by atoms with van der Waals surface area (Å²) in [6.45, 7) is 3.20. The van der Waals surface area contributed by atoms with Crippen LogP contribution in [0.15, 0.2) is 41.8 Å². The zero-order chi connectivity index (χ0) is 18.2. The van der Waals surface area contributed by atoms with Gasteiger partial charge in [0.15, 0.2) is 0 Å². The molecule has 1 atom stereocenters. The Morgan fingerprint density at radius 3 is 2.52 bits per heavy atom. The van der Waals surface area contributed by atoms with Crippen LogP contribution in [0.4, 0.5) is 0 Å². The maximum atomic E-state index is 12.3. The van der Waals surface area contributed by atoms with Gasteiger partial charge in [-0.1, -0.05) is 18.2 Å². The summed E-state index contributed by atoms with van der Waals surface area (Å²) >= 11 is 1.71. The van der Waals surface area contributed by atoms with Crippen LogP contribution in [0.1, 0.15) is 27.7 Å². The summed E-state index contributed by atoms with van der Waals surface area (Å²) in [5, 5.41) is 7.64. The summed E-state index contributed by atoms with van der Waals surface area (Å²) < 4.78 is 0. The van der Waals surface area contributed by atoms with Crippen LogP contribution in [-0.2, 0) is 17.8 Å². The highest BCUT2D eigenvalue weighted by Crippen LogP contribution is 2.10. The minimum Gasteiger partial charge on any atom is -0.355 e. The molecule has 2 aromatic rings. The van der Waals surface area contributed by atoms with E-state index in [1.165, 1.54) is 4.88 Å². The molecule has 134 valence electrons. The summed E-state index contributed by atoms with van der Waals surface area (Å²) in [4.78, 5) is 27.1. The Kier molecular flexibility index (Phi) is 7.16. The van der Waals surface area contributed by atoms with Gasteiger partial charge in [-0.25, -0.2) is 0 Å². The maximum absolute atomic E-state index is 12.3. The number of thiophene rings is 1. The summed E-state index contributed by atoms with van der Waals surface area (Å²) in [7, 11) is 3.54. The lowest BCUT2D eigenvalue weighted by atomic mass is 10.1. The lowest BCUT2D eigenvalue weighted by molar-refractivity contribution is -0.125. The summed E-state index contributed by atoms with van der Waals surface area (Å²) in [6.07, 6.45) is 0.862. The molecule has 0 fully saturated rings. The average molecular weight is 359 g/mol. The number of likely N-dealkylation sites (N-methyl/N-ethyl adjacent to an activating group) is 1. The third-order valence-corrected chi connectivity index (χ3v) is 5.10. The van der Waals surface area contributed by atoms with Gasteiger partial charge in [0, 0.05) is 30.6 Å². The highest BCUT2D eigenvalue weighted by atomic mass is 32.1. The number of carbonyl (C=O) groups is 2. The molecule has 0 saturated heterocycles. The van der Waals surface area contributed by atoms with Crippen LogP contribution in [0.3, 0.4) is 0 Å². The average Bonchev–Trinajstić information content (AvgIpc) is 3.14. The van der Waals surface area contributed by atoms with Crippen molar-refractivity contribution >= 4 is 23.2 Å². The van der Waals surface area contributed by atoms with Crippen LogP contribution in [0, 0.1) is 0 Å². The van der Waals surface area contributed by atoms with Gasteiger partial charge in [0.2, 0.25) is 5.91 Å². The van der Waals surface area contributed by atoms with Crippen molar-refractivity contribution in [2.45, 2.75) is 25.9 Å². The highest BCUT2D eigenvalue weighted by Gasteiger charge is 2.17. The molecule has 6 heteroatoms. The largest absolute Gasteiger partial charge is 0.355 e. The monoisotopic (exact) mass is 359 g/mol. The zero-order valence-electron chi connectivity index (χ0n) is 14.9. The second-order valence-electron chi connectivity index (χ2n) is 5.99. The molecule has 1 heterocycles. The fourth-order valence-corrected chi connectivity index (χ4v) is 3.15. The van der Waals surface area contributed by atoms with E-state index in [-0.39, 0.29) is 17.9 Å². The molecule has 0 saturated carbocycles. The van der Waals surface area contributed by atoms with Crippen LogP contribution in [0.5, 0.6) is 0 Å². The second-order valence-corrected chi connectivity index (χ2v) is 7.02. The van der Waals surface area contributed by atoms with Gasteiger partial charge < -0.3 is 10.6 Å². The molecule has 2 amide bonds. The molecule has 0 unspecified atom stereocenters. The molecular weight excluding hydrogens is 334 g/mol. The van der Waals surface area contributed by atoms with Crippen molar-refractivity contribution in [2.75, 3.05) is 20.6 Å².